The Morgan fingerprint density at radius 3 is 2.37 bits per heavy atom. The summed E-state index contributed by atoms with van der Waals surface area (Å²) in [7, 11) is -3.31. The van der Waals surface area contributed by atoms with Gasteiger partial charge < -0.3 is 9.80 Å². The smallest absolute Gasteiger partial charge is 0.224 e. The highest BCUT2D eigenvalue weighted by atomic mass is 32.2. The molecule has 1 aliphatic rings. The molecule has 1 aromatic rings. The van der Waals surface area contributed by atoms with E-state index in [0.717, 1.165) is 19.3 Å². The molecule has 0 unspecified atom stereocenters. The molecule has 1 fully saturated rings. The second kappa shape index (κ2) is 10.0. The Hall–Kier alpha value is -1.67. The van der Waals surface area contributed by atoms with E-state index in [4.69, 9.17) is 0 Å². The number of unbranched alkanes of at least 4 members (excludes halogenated alkanes) is 2. The lowest BCUT2D eigenvalue weighted by Gasteiger charge is -2.36. The maximum absolute atomic E-state index is 13.9. The summed E-state index contributed by atoms with van der Waals surface area (Å²) in [4.78, 5) is 16.2. The topological polar surface area (TPSA) is 60.9 Å². The van der Waals surface area contributed by atoms with Gasteiger partial charge in [-0.05, 0) is 18.6 Å². The molecular weight excluding hydrogens is 369 g/mol. The minimum atomic E-state index is -3.31. The van der Waals surface area contributed by atoms with Crippen molar-refractivity contribution in [1.82, 2.24) is 9.21 Å². The minimum absolute atomic E-state index is 0.0488. The lowest BCUT2D eigenvalue weighted by atomic mass is 10.2. The van der Waals surface area contributed by atoms with E-state index in [-0.39, 0.29) is 24.7 Å². The van der Waals surface area contributed by atoms with Crippen molar-refractivity contribution < 1.29 is 17.6 Å². The fourth-order valence-corrected chi connectivity index (χ4v) is 4.15. The van der Waals surface area contributed by atoms with Crippen molar-refractivity contribution in [1.29, 1.82) is 0 Å². The molecule has 1 heterocycles. The molecule has 0 radical (unpaired) electrons. The average molecular weight is 400 g/mol. The molecule has 1 aliphatic heterocycles. The van der Waals surface area contributed by atoms with Crippen LogP contribution in [0.1, 0.15) is 32.6 Å². The van der Waals surface area contributed by atoms with Crippen LogP contribution in [0.5, 0.6) is 0 Å². The third-order valence-electron chi connectivity index (χ3n) is 4.88. The first-order valence-corrected chi connectivity index (χ1v) is 11.4. The summed E-state index contributed by atoms with van der Waals surface area (Å²) >= 11 is 0. The van der Waals surface area contributed by atoms with Crippen LogP contribution in [0, 0.1) is 5.82 Å². The Morgan fingerprint density at radius 2 is 1.78 bits per heavy atom. The van der Waals surface area contributed by atoms with Gasteiger partial charge in [-0.25, -0.2) is 17.1 Å². The van der Waals surface area contributed by atoms with E-state index in [9.17, 15) is 17.6 Å². The van der Waals surface area contributed by atoms with Gasteiger partial charge in [0.2, 0.25) is 15.9 Å². The number of hydrogen-bond acceptors (Lipinski definition) is 4. The van der Waals surface area contributed by atoms with Gasteiger partial charge >= 0.3 is 0 Å². The summed E-state index contributed by atoms with van der Waals surface area (Å²) < 4.78 is 39.1. The van der Waals surface area contributed by atoms with Crippen LogP contribution in [0.25, 0.3) is 0 Å². The third-order valence-corrected chi connectivity index (χ3v) is 6.18. The molecule has 2 rings (SSSR count). The fraction of sp³-hybridized carbons (Fsp3) is 0.632. The summed E-state index contributed by atoms with van der Waals surface area (Å²) in [5.74, 6) is -0.305. The number of piperazine rings is 1. The van der Waals surface area contributed by atoms with Crippen LogP contribution >= 0.6 is 0 Å². The molecule has 0 atom stereocenters. The molecule has 0 bridgehead atoms. The second-order valence-corrected chi connectivity index (χ2v) is 8.92. The first-order chi connectivity index (χ1) is 12.8. The molecule has 1 amide bonds. The van der Waals surface area contributed by atoms with Crippen LogP contribution < -0.4 is 4.90 Å². The maximum Gasteiger partial charge on any atom is 0.224 e. The molecule has 0 spiro atoms. The highest BCUT2D eigenvalue weighted by molar-refractivity contribution is 7.88. The molecule has 0 N–H and O–H groups in total. The number of hydrogen-bond donors (Lipinski definition) is 0. The van der Waals surface area contributed by atoms with Crippen molar-refractivity contribution >= 4 is 21.6 Å². The standard InChI is InChI=1S/C19H30FN3O3S/c1-3-4-7-11-23(27(2,25)26)12-10-19(24)22-15-13-21(14-16-22)18-9-6-5-8-17(18)20/h5-6,8-9H,3-4,7,10-16H2,1-2H3. The van der Waals surface area contributed by atoms with Crippen LogP contribution in [-0.2, 0) is 14.8 Å². The van der Waals surface area contributed by atoms with E-state index in [2.05, 4.69) is 6.92 Å². The molecule has 1 saturated heterocycles. The molecule has 152 valence electrons. The number of benzene rings is 1. The average Bonchev–Trinajstić information content (AvgIpc) is 2.64. The van der Waals surface area contributed by atoms with Crippen molar-refractivity contribution in [3.05, 3.63) is 30.1 Å². The lowest BCUT2D eigenvalue weighted by Crippen LogP contribution is -2.49. The summed E-state index contributed by atoms with van der Waals surface area (Å²) in [6, 6.07) is 6.64. The lowest BCUT2D eigenvalue weighted by molar-refractivity contribution is -0.131. The van der Waals surface area contributed by atoms with Crippen LogP contribution in [0.2, 0.25) is 0 Å². The minimum Gasteiger partial charge on any atom is -0.366 e. The second-order valence-electron chi connectivity index (χ2n) is 6.94. The zero-order chi connectivity index (χ0) is 19.9. The molecular formula is C19H30FN3O3S. The van der Waals surface area contributed by atoms with Gasteiger partial charge in [0.25, 0.3) is 0 Å². The van der Waals surface area contributed by atoms with Gasteiger partial charge in [0.1, 0.15) is 5.82 Å². The first-order valence-electron chi connectivity index (χ1n) is 9.55. The summed E-state index contributed by atoms with van der Waals surface area (Å²) in [5.41, 5.74) is 0.559. The summed E-state index contributed by atoms with van der Waals surface area (Å²) in [5, 5.41) is 0. The predicted molar refractivity (Wildman–Crippen MR) is 106 cm³/mol. The van der Waals surface area contributed by atoms with Crippen LogP contribution in [0.4, 0.5) is 10.1 Å². The van der Waals surface area contributed by atoms with Crippen molar-refractivity contribution in [2.45, 2.75) is 32.6 Å². The Labute approximate surface area is 162 Å². The quantitative estimate of drug-likeness (QED) is 0.598. The number of sulfonamides is 1. The SMILES string of the molecule is CCCCCN(CCC(=O)N1CCN(c2ccccc2F)CC1)S(C)(=O)=O. The predicted octanol–water partition coefficient (Wildman–Crippen LogP) is 2.32. The molecule has 27 heavy (non-hydrogen) atoms. The number of halogens is 1. The van der Waals surface area contributed by atoms with Gasteiger partial charge in [-0.15, -0.1) is 0 Å². The van der Waals surface area contributed by atoms with Crippen molar-refractivity contribution in [3.63, 3.8) is 0 Å². The number of anilines is 1. The largest absolute Gasteiger partial charge is 0.366 e. The van der Waals surface area contributed by atoms with Crippen molar-refractivity contribution in [2.75, 3.05) is 50.4 Å². The molecule has 8 heteroatoms. The Bertz CT molecular complexity index is 719. The molecule has 0 aromatic heterocycles. The van der Waals surface area contributed by atoms with Crippen LogP contribution in [0.15, 0.2) is 24.3 Å². The Kier molecular flexibility index (Phi) is 8.04. The number of carbonyl (C=O) groups excluding carboxylic acids is 1. The zero-order valence-corrected chi connectivity index (χ0v) is 17.0. The highest BCUT2D eigenvalue weighted by Crippen LogP contribution is 2.20. The number of carbonyl (C=O) groups is 1. The van der Waals surface area contributed by atoms with E-state index in [0.29, 0.717) is 38.4 Å². The monoisotopic (exact) mass is 399 g/mol. The third kappa shape index (κ3) is 6.46. The van der Waals surface area contributed by atoms with Gasteiger partial charge in [0, 0.05) is 45.7 Å². The number of para-hydroxylation sites is 1. The van der Waals surface area contributed by atoms with E-state index in [1.165, 1.54) is 16.6 Å². The Balaban J connectivity index is 1.83. The molecule has 0 aliphatic carbocycles. The highest BCUT2D eigenvalue weighted by Gasteiger charge is 2.24. The number of amides is 1. The Morgan fingerprint density at radius 1 is 1.11 bits per heavy atom. The normalized spacial score (nSPS) is 15.4. The number of nitrogens with zero attached hydrogens (tertiary/aromatic N) is 3. The zero-order valence-electron chi connectivity index (χ0n) is 16.2. The first kappa shape index (κ1) is 21.6. The summed E-state index contributed by atoms with van der Waals surface area (Å²) in [6.45, 7) is 4.91. The molecule has 6 nitrogen and oxygen atoms in total. The van der Waals surface area contributed by atoms with Gasteiger partial charge in [0.15, 0.2) is 0 Å². The van der Waals surface area contributed by atoms with Gasteiger partial charge in [-0.3, -0.25) is 4.79 Å². The van der Waals surface area contributed by atoms with E-state index in [1.54, 1.807) is 23.1 Å². The van der Waals surface area contributed by atoms with Crippen LogP contribution in [0.3, 0.4) is 0 Å². The summed E-state index contributed by atoms with van der Waals surface area (Å²) in [6.07, 6.45) is 4.16. The maximum atomic E-state index is 13.9. The fourth-order valence-electron chi connectivity index (χ4n) is 3.27. The van der Waals surface area contributed by atoms with Crippen LogP contribution in [-0.4, -0.2) is 69.1 Å². The van der Waals surface area contributed by atoms with E-state index < -0.39 is 10.0 Å². The van der Waals surface area contributed by atoms with E-state index >= 15 is 0 Å². The number of rotatable bonds is 9. The van der Waals surface area contributed by atoms with Gasteiger partial charge in [-0.1, -0.05) is 31.9 Å². The van der Waals surface area contributed by atoms with E-state index in [1.807, 2.05) is 4.90 Å². The van der Waals surface area contributed by atoms with Gasteiger partial charge in [-0.2, -0.15) is 0 Å². The van der Waals surface area contributed by atoms with Gasteiger partial charge in [0.05, 0.1) is 11.9 Å². The molecule has 0 saturated carbocycles. The van der Waals surface area contributed by atoms with Crippen molar-refractivity contribution in [2.24, 2.45) is 0 Å². The molecule has 1 aromatic carbocycles. The van der Waals surface area contributed by atoms with Crippen molar-refractivity contribution in [3.8, 4) is 0 Å².